The number of hydrazone groups is 1. The van der Waals surface area contributed by atoms with Crippen molar-refractivity contribution >= 4 is 29.8 Å². The predicted molar refractivity (Wildman–Crippen MR) is 120 cm³/mol. The minimum Gasteiger partial charge on any atom is -0.491 e. The first kappa shape index (κ1) is 21.3. The molecule has 1 aliphatic heterocycles. The Morgan fingerprint density at radius 2 is 2.17 bits per heavy atom. The maximum atomic E-state index is 13.2. The second kappa shape index (κ2) is 9.87. The number of hydrogen-bond acceptors (Lipinski definition) is 7. The maximum absolute atomic E-state index is 13.2. The zero-order valence-electron chi connectivity index (χ0n) is 17.5. The fourth-order valence-corrected chi connectivity index (χ4v) is 3.53. The van der Waals surface area contributed by atoms with E-state index >= 15 is 0 Å². The highest BCUT2D eigenvalue weighted by Crippen LogP contribution is 2.26. The average molecular weight is 409 g/mol. The van der Waals surface area contributed by atoms with Crippen LogP contribution in [0, 0.1) is 5.41 Å². The van der Waals surface area contributed by atoms with E-state index in [4.69, 9.17) is 10.1 Å². The van der Waals surface area contributed by atoms with Gasteiger partial charge in [-0.25, -0.2) is 4.98 Å². The molecule has 0 saturated carbocycles. The number of nitrogens with zero attached hydrogens (tertiary/aromatic N) is 3. The number of aromatic nitrogens is 1. The normalized spacial score (nSPS) is 18.6. The molecule has 1 aliphatic rings. The van der Waals surface area contributed by atoms with Gasteiger partial charge in [0, 0.05) is 37.1 Å². The molecule has 1 amide bonds. The van der Waals surface area contributed by atoms with Crippen LogP contribution in [0.5, 0.6) is 5.75 Å². The van der Waals surface area contributed by atoms with Crippen molar-refractivity contribution in [1.29, 1.82) is 5.41 Å². The van der Waals surface area contributed by atoms with Crippen LogP contribution in [0.15, 0.2) is 47.7 Å². The van der Waals surface area contributed by atoms with Gasteiger partial charge in [0.15, 0.2) is 0 Å². The van der Waals surface area contributed by atoms with Crippen molar-refractivity contribution in [2.45, 2.75) is 45.4 Å². The highest BCUT2D eigenvalue weighted by atomic mass is 16.5. The number of benzene rings is 1. The molecule has 1 aromatic carbocycles. The van der Waals surface area contributed by atoms with Crippen LogP contribution in [0.2, 0.25) is 0 Å². The first-order chi connectivity index (χ1) is 14.5. The summed E-state index contributed by atoms with van der Waals surface area (Å²) in [5.74, 6) is 1.46. The second-order valence-electron chi connectivity index (χ2n) is 7.53. The minimum atomic E-state index is -0.0511. The average Bonchev–Trinajstić information content (AvgIpc) is 3.08. The van der Waals surface area contributed by atoms with Crippen LogP contribution in [-0.2, 0) is 0 Å². The topological polar surface area (TPSA) is 103 Å². The van der Waals surface area contributed by atoms with Gasteiger partial charge in [-0.05, 0) is 45.4 Å². The van der Waals surface area contributed by atoms with Gasteiger partial charge < -0.3 is 20.4 Å². The molecule has 1 saturated heterocycles. The standard InChI is InChI=1S/C22H28N6O2/c1-15(2)30-18-8-10-24-21(13-18)26-17-12-16(3)28(14-17)22(29)19-6-4-5-7-20(19)27-25-11-9-23/h4-11,13,15-17,23,27H,12,14H2,1-3H3,(H,24,26)/b23-9?,25-11-/t16-,17-/m1/s1. The fourth-order valence-electron chi connectivity index (χ4n) is 3.53. The third-order valence-corrected chi connectivity index (χ3v) is 4.78. The Bertz CT molecular complexity index is 914. The van der Waals surface area contributed by atoms with E-state index in [1.165, 1.54) is 6.21 Å². The second-order valence-corrected chi connectivity index (χ2v) is 7.53. The number of carbonyl (C=O) groups is 1. The number of ether oxygens (including phenoxy) is 1. The van der Waals surface area contributed by atoms with E-state index in [1.54, 1.807) is 18.3 Å². The summed E-state index contributed by atoms with van der Waals surface area (Å²) < 4.78 is 5.73. The van der Waals surface area contributed by atoms with E-state index in [-0.39, 0.29) is 24.1 Å². The van der Waals surface area contributed by atoms with Gasteiger partial charge in [0.2, 0.25) is 0 Å². The lowest BCUT2D eigenvalue weighted by molar-refractivity contribution is 0.0747. The number of rotatable bonds is 8. The summed E-state index contributed by atoms with van der Waals surface area (Å²) in [5.41, 5.74) is 4.01. The van der Waals surface area contributed by atoms with Crippen LogP contribution in [0.1, 0.15) is 37.6 Å². The molecule has 30 heavy (non-hydrogen) atoms. The quantitative estimate of drug-likeness (QED) is 0.457. The molecule has 0 aliphatic carbocycles. The fraction of sp³-hybridized carbons (Fsp3) is 0.364. The molecule has 0 spiro atoms. The van der Waals surface area contributed by atoms with Gasteiger partial charge in [0.25, 0.3) is 5.91 Å². The molecule has 1 fully saturated rings. The molecule has 0 radical (unpaired) electrons. The molecule has 8 nitrogen and oxygen atoms in total. The lowest BCUT2D eigenvalue weighted by atomic mass is 10.1. The van der Waals surface area contributed by atoms with Crippen LogP contribution in [0.25, 0.3) is 0 Å². The van der Waals surface area contributed by atoms with Crippen LogP contribution < -0.4 is 15.5 Å². The molecule has 2 heterocycles. The molecule has 0 bridgehead atoms. The summed E-state index contributed by atoms with van der Waals surface area (Å²) in [6.45, 7) is 6.60. The van der Waals surface area contributed by atoms with Gasteiger partial charge in [-0.15, -0.1) is 0 Å². The van der Waals surface area contributed by atoms with Crippen molar-refractivity contribution in [3.8, 4) is 5.75 Å². The third-order valence-electron chi connectivity index (χ3n) is 4.78. The van der Waals surface area contributed by atoms with Crippen LogP contribution in [0.4, 0.5) is 11.5 Å². The molecule has 158 valence electrons. The Balaban J connectivity index is 1.69. The summed E-state index contributed by atoms with van der Waals surface area (Å²) in [6.07, 6.45) is 5.04. The van der Waals surface area contributed by atoms with Crippen molar-refractivity contribution < 1.29 is 9.53 Å². The van der Waals surface area contributed by atoms with Gasteiger partial charge in [-0.1, -0.05) is 12.1 Å². The van der Waals surface area contributed by atoms with Crippen LogP contribution in [-0.4, -0.2) is 53.0 Å². The first-order valence-corrected chi connectivity index (χ1v) is 10.0. The lowest BCUT2D eigenvalue weighted by Gasteiger charge is -2.22. The van der Waals surface area contributed by atoms with Crippen molar-refractivity contribution in [2.75, 3.05) is 17.3 Å². The molecular formula is C22H28N6O2. The van der Waals surface area contributed by atoms with Gasteiger partial charge in [0.05, 0.1) is 23.6 Å². The summed E-state index contributed by atoms with van der Waals surface area (Å²) in [5, 5.41) is 14.4. The van der Waals surface area contributed by atoms with Crippen molar-refractivity contribution in [3.63, 3.8) is 0 Å². The van der Waals surface area contributed by atoms with Crippen molar-refractivity contribution in [1.82, 2.24) is 9.88 Å². The molecule has 0 unspecified atom stereocenters. The number of nitrogens with one attached hydrogen (secondary N) is 3. The Morgan fingerprint density at radius 1 is 1.37 bits per heavy atom. The zero-order chi connectivity index (χ0) is 21.5. The maximum Gasteiger partial charge on any atom is 0.256 e. The largest absolute Gasteiger partial charge is 0.491 e. The van der Waals surface area contributed by atoms with Crippen molar-refractivity contribution in [3.05, 3.63) is 48.2 Å². The Morgan fingerprint density at radius 3 is 2.93 bits per heavy atom. The molecule has 2 atom stereocenters. The SMILES string of the molecule is CC(C)Oc1ccnc(N[C@@H]2C[C@@H](C)N(C(=O)c3ccccc3N/N=C\C=N)C2)c1. The molecule has 1 aromatic heterocycles. The number of hydrogen-bond donors (Lipinski definition) is 3. The summed E-state index contributed by atoms with van der Waals surface area (Å²) in [6, 6.07) is 11.2. The number of carbonyl (C=O) groups excluding carboxylic acids is 1. The Labute approximate surface area is 176 Å². The third kappa shape index (κ3) is 5.34. The monoisotopic (exact) mass is 408 g/mol. The van der Waals surface area contributed by atoms with Crippen molar-refractivity contribution in [2.24, 2.45) is 5.10 Å². The lowest BCUT2D eigenvalue weighted by Crippen LogP contribution is -2.35. The number of likely N-dealkylation sites (tertiary alicyclic amines) is 1. The van der Waals surface area contributed by atoms with E-state index in [0.29, 0.717) is 17.8 Å². The summed E-state index contributed by atoms with van der Waals surface area (Å²) >= 11 is 0. The minimum absolute atomic E-state index is 0.0511. The van der Waals surface area contributed by atoms with Gasteiger partial charge in [-0.3, -0.25) is 10.2 Å². The Hall–Kier alpha value is -3.42. The molecule has 3 rings (SSSR count). The molecule has 8 heteroatoms. The van der Waals surface area contributed by atoms with Crippen LogP contribution in [0.3, 0.4) is 0 Å². The van der Waals surface area contributed by atoms with E-state index < -0.39 is 0 Å². The summed E-state index contributed by atoms with van der Waals surface area (Å²) in [7, 11) is 0. The zero-order valence-corrected chi connectivity index (χ0v) is 17.5. The highest BCUT2D eigenvalue weighted by molar-refractivity contribution is 6.14. The smallest absolute Gasteiger partial charge is 0.256 e. The number of para-hydroxylation sites is 1. The van der Waals surface area contributed by atoms with E-state index in [9.17, 15) is 4.79 Å². The highest BCUT2D eigenvalue weighted by Gasteiger charge is 2.33. The van der Waals surface area contributed by atoms with E-state index in [0.717, 1.165) is 24.2 Å². The molecule has 2 aromatic rings. The number of pyridine rings is 1. The van der Waals surface area contributed by atoms with Gasteiger partial charge >= 0.3 is 0 Å². The number of anilines is 2. The summed E-state index contributed by atoms with van der Waals surface area (Å²) in [4.78, 5) is 19.5. The van der Waals surface area contributed by atoms with Crippen LogP contribution >= 0.6 is 0 Å². The van der Waals surface area contributed by atoms with E-state index in [2.05, 4.69) is 27.8 Å². The number of amides is 1. The molecule has 3 N–H and O–H groups in total. The molecular weight excluding hydrogens is 380 g/mol. The predicted octanol–water partition coefficient (Wildman–Crippen LogP) is 3.63. The first-order valence-electron chi connectivity index (χ1n) is 10.0. The van der Waals surface area contributed by atoms with Gasteiger partial charge in [0.1, 0.15) is 11.6 Å². The van der Waals surface area contributed by atoms with Gasteiger partial charge in [-0.2, -0.15) is 5.10 Å². The Kier molecular flexibility index (Phi) is 7.00. The van der Waals surface area contributed by atoms with E-state index in [1.807, 2.05) is 43.0 Å².